The van der Waals surface area contributed by atoms with E-state index < -0.39 is 0 Å². The van der Waals surface area contributed by atoms with Gasteiger partial charge in [-0.05, 0) is 42.5 Å². The van der Waals surface area contributed by atoms with Crippen LogP contribution in [0.25, 0.3) is 22.6 Å². The Labute approximate surface area is 197 Å². The SMILES string of the molecule is COc1ccc(NC(=O)Nc2cccc(-c3nc(C(C)(C)C)[nH]c3-c3ccnc(N)n3)c2)cc1. The zero-order valence-electron chi connectivity index (χ0n) is 19.5. The fraction of sp³-hybridized carbons (Fsp3) is 0.200. The first-order valence-electron chi connectivity index (χ1n) is 10.7. The van der Waals surface area contributed by atoms with Crippen molar-refractivity contribution in [3.8, 4) is 28.4 Å². The second-order valence-electron chi connectivity index (χ2n) is 8.75. The van der Waals surface area contributed by atoms with Crippen LogP contribution >= 0.6 is 0 Å². The summed E-state index contributed by atoms with van der Waals surface area (Å²) < 4.78 is 5.14. The molecule has 0 bridgehead atoms. The lowest BCUT2D eigenvalue weighted by Crippen LogP contribution is -2.19. The van der Waals surface area contributed by atoms with Gasteiger partial charge >= 0.3 is 6.03 Å². The monoisotopic (exact) mass is 457 g/mol. The molecule has 0 saturated heterocycles. The number of carbonyl (C=O) groups excluding carboxylic acids is 1. The lowest BCUT2D eigenvalue weighted by molar-refractivity contribution is 0.262. The number of urea groups is 1. The molecule has 2 heterocycles. The molecule has 2 aromatic carbocycles. The number of nitrogens with zero attached hydrogens (tertiary/aromatic N) is 3. The second kappa shape index (κ2) is 9.22. The summed E-state index contributed by atoms with van der Waals surface area (Å²) in [6, 6.07) is 16.0. The zero-order chi connectivity index (χ0) is 24.3. The Morgan fingerprint density at radius 3 is 2.41 bits per heavy atom. The maximum absolute atomic E-state index is 12.5. The number of ether oxygens (including phenoxy) is 1. The van der Waals surface area contributed by atoms with Crippen LogP contribution in [0.3, 0.4) is 0 Å². The predicted molar refractivity (Wildman–Crippen MR) is 134 cm³/mol. The summed E-state index contributed by atoms with van der Waals surface area (Å²) in [7, 11) is 1.59. The second-order valence-corrected chi connectivity index (χ2v) is 8.75. The number of rotatable bonds is 5. The lowest BCUT2D eigenvalue weighted by atomic mass is 9.96. The van der Waals surface area contributed by atoms with Gasteiger partial charge in [0.15, 0.2) is 0 Å². The molecule has 2 amide bonds. The standard InChI is InChI=1S/C25H27N7O2/c1-25(2,3)22-31-20(21(32-22)19-12-13-27-23(26)30-19)15-6-5-7-17(14-15)29-24(33)28-16-8-10-18(34-4)11-9-16/h5-14H,1-4H3,(H,31,32)(H2,26,27,30)(H2,28,29,33). The van der Waals surface area contributed by atoms with Gasteiger partial charge in [-0.25, -0.2) is 19.7 Å². The number of nitrogen functional groups attached to an aromatic ring is 1. The van der Waals surface area contributed by atoms with Crippen molar-refractivity contribution in [2.24, 2.45) is 0 Å². The molecular formula is C25H27N7O2. The zero-order valence-corrected chi connectivity index (χ0v) is 19.5. The maximum atomic E-state index is 12.5. The minimum Gasteiger partial charge on any atom is -0.497 e. The molecule has 0 aliphatic carbocycles. The quantitative estimate of drug-likeness (QED) is 0.331. The van der Waals surface area contributed by atoms with Gasteiger partial charge in [0.05, 0.1) is 24.2 Å². The summed E-state index contributed by atoms with van der Waals surface area (Å²) in [6.45, 7) is 6.24. The van der Waals surface area contributed by atoms with Crippen molar-refractivity contribution >= 4 is 23.4 Å². The van der Waals surface area contributed by atoms with Gasteiger partial charge in [-0.2, -0.15) is 0 Å². The number of anilines is 3. The molecule has 9 heteroatoms. The van der Waals surface area contributed by atoms with Crippen LogP contribution in [0.4, 0.5) is 22.1 Å². The number of carbonyl (C=O) groups is 1. The molecule has 0 spiro atoms. The van der Waals surface area contributed by atoms with Gasteiger partial charge in [-0.3, -0.25) is 0 Å². The number of H-pyrrole nitrogens is 1. The van der Waals surface area contributed by atoms with Crippen molar-refractivity contribution in [1.29, 1.82) is 0 Å². The summed E-state index contributed by atoms with van der Waals surface area (Å²) in [4.78, 5) is 29.2. The summed E-state index contributed by atoms with van der Waals surface area (Å²) in [6.07, 6.45) is 1.61. The van der Waals surface area contributed by atoms with E-state index in [9.17, 15) is 4.79 Å². The fourth-order valence-corrected chi connectivity index (χ4v) is 3.35. The largest absolute Gasteiger partial charge is 0.497 e. The average molecular weight is 458 g/mol. The molecule has 0 aliphatic rings. The summed E-state index contributed by atoms with van der Waals surface area (Å²) in [5, 5.41) is 5.68. The van der Waals surface area contributed by atoms with Crippen LogP contribution in [0.1, 0.15) is 26.6 Å². The molecule has 9 nitrogen and oxygen atoms in total. The van der Waals surface area contributed by atoms with Crippen molar-refractivity contribution < 1.29 is 9.53 Å². The molecule has 0 saturated carbocycles. The van der Waals surface area contributed by atoms with Crippen LogP contribution in [0.2, 0.25) is 0 Å². The molecule has 0 unspecified atom stereocenters. The molecule has 0 atom stereocenters. The number of nitrogens with one attached hydrogen (secondary N) is 3. The van der Waals surface area contributed by atoms with Crippen LogP contribution in [0.5, 0.6) is 5.75 Å². The highest BCUT2D eigenvalue weighted by Gasteiger charge is 2.23. The predicted octanol–water partition coefficient (Wildman–Crippen LogP) is 5.07. The van der Waals surface area contributed by atoms with Crippen LogP contribution in [-0.4, -0.2) is 33.1 Å². The van der Waals surface area contributed by atoms with Gasteiger partial charge in [0.2, 0.25) is 5.95 Å². The van der Waals surface area contributed by atoms with E-state index in [1.54, 1.807) is 43.6 Å². The Kier molecular flexibility index (Phi) is 6.18. The smallest absolute Gasteiger partial charge is 0.323 e. The Bertz CT molecular complexity index is 1310. The lowest BCUT2D eigenvalue weighted by Gasteiger charge is -2.14. The van der Waals surface area contributed by atoms with Crippen LogP contribution < -0.4 is 21.1 Å². The normalized spacial score (nSPS) is 11.2. The highest BCUT2D eigenvalue weighted by Crippen LogP contribution is 2.33. The van der Waals surface area contributed by atoms with E-state index in [0.29, 0.717) is 28.5 Å². The first-order valence-corrected chi connectivity index (χ1v) is 10.7. The van der Waals surface area contributed by atoms with Gasteiger partial charge in [-0.15, -0.1) is 0 Å². The van der Waals surface area contributed by atoms with Crippen molar-refractivity contribution in [2.45, 2.75) is 26.2 Å². The van der Waals surface area contributed by atoms with E-state index in [-0.39, 0.29) is 17.4 Å². The Morgan fingerprint density at radius 2 is 1.74 bits per heavy atom. The molecular weight excluding hydrogens is 430 g/mol. The number of amides is 2. The summed E-state index contributed by atoms with van der Waals surface area (Å²) in [5.74, 6) is 1.71. The summed E-state index contributed by atoms with van der Waals surface area (Å²) >= 11 is 0. The average Bonchev–Trinajstić information content (AvgIpc) is 3.26. The van der Waals surface area contributed by atoms with E-state index in [0.717, 1.165) is 17.1 Å². The number of benzene rings is 2. The van der Waals surface area contributed by atoms with Gasteiger partial charge in [0.1, 0.15) is 11.6 Å². The van der Waals surface area contributed by atoms with Gasteiger partial charge in [0.25, 0.3) is 0 Å². The third kappa shape index (κ3) is 5.15. The van der Waals surface area contributed by atoms with Crippen LogP contribution in [0, 0.1) is 0 Å². The number of hydrogen-bond donors (Lipinski definition) is 4. The van der Waals surface area contributed by atoms with Crippen molar-refractivity contribution in [1.82, 2.24) is 19.9 Å². The molecule has 174 valence electrons. The molecule has 4 rings (SSSR count). The molecule has 0 aliphatic heterocycles. The number of imidazole rings is 1. The third-order valence-corrected chi connectivity index (χ3v) is 5.09. The van der Waals surface area contributed by atoms with Gasteiger partial charge in [0, 0.05) is 28.6 Å². The Balaban J connectivity index is 1.62. The number of methoxy groups -OCH3 is 1. The third-order valence-electron chi connectivity index (χ3n) is 5.09. The fourth-order valence-electron chi connectivity index (χ4n) is 3.35. The Hall–Kier alpha value is -4.40. The molecule has 34 heavy (non-hydrogen) atoms. The van der Waals surface area contributed by atoms with E-state index >= 15 is 0 Å². The summed E-state index contributed by atoms with van der Waals surface area (Å²) in [5.41, 5.74) is 9.79. The molecule has 4 aromatic rings. The number of hydrogen-bond acceptors (Lipinski definition) is 6. The first-order chi connectivity index (χ1) is 16.2. The highest BCUT2D eigenvalue weighted by atomic mass is 16.5. The van der Waals surface area contributed by atoms with Crippen molar-refractivity contribution in [3.05, 3.63) is 66.6 Å². The van der Waals surface area contributed by atoms with Crippen molar-refractivity contribution in [3.63, 3.8) is 0 Å². The number of aromatic nitrogens is 4. The minimum atomic E-state index is -0.358. The van der Waals surface area contributed by atoms with E-state index in [1.165, 1.54) is 0 Å². The van der Waals surface area contributed by atoms with Crippen LogP contribution in [-0.2, 0) is 5.41 Å². The number of nitrogens with two attached hydrogens (primary N) is 1. The molecule has 0 fully saturated rings. The highest BCUT2D eigenvalue weighted by molar-refractivity contribution is 6.00. The molecule has 0 radical (unpaired) electrons. The van der Waals surface area contributed by atoms with E-state index in [1.807, 2.05) is 24.3 Å². The van der Waals surface area contributed by atoms with Crippen molar-refractivity contribution in [2.75, 3.05) is 23.5 Å². The Morgan fingerprint density at radius 1 is 1.00 bits per heavy atom. The van der Waals surface area contributed by atoms with Gasteiger partial charge in [-0.1, -0.05) is 32.9 Å². The minimum absolute atomic E-state index is 0.181. The number of aromatic amines is 1. The molecule has 5 N–H and O–H groups in total. The van der Waals surface area contributed by atoms with Gasteiger partial charge < -0.3 is 26.1 Å². The first kappa shape index (κ1) is 22.8. The van der Waals surface area contributed by atoms with E-state index in [2.05, 4.69) is 46.4 Å². The molecule has 2 aromatic heterocycles. The van der Waals surface area contributed by atoms with Crippen LogP contribution in [0.15, 0.2) is 60.8 Å². The maximum Gasteiger partial charge on any atom is 0.323 e. The topological polar surface area (TPSA) is 131 Å². The van der Waals surface area contributed by atoms with E-state index in [4.69, 9.17) is 15.5 Å².